The van der Waals surface area contributed by atoms with Crippen LogP contribution in [0.2, 0.25) is 0 Å². The van der Waals surface area contributed by atoms with Gasteiger partial charge >= 0.3 is 0 Å². The third-order valence-corrected chi connectivity index (χ3v) is 3.06. The molecule has 2 rings (SSSR count). The van der Waals surface area contributed by atoms with Gasteiger partial charge in [0.15, 0.2) is 0 Å². The van der Waals surface area contributed by atoms with E-state index in [-0.39, 0.29) is 0 Å². The Morgan fingerprint density at radius 2 is 2.00 bits per heavy atom. The van der Waals surface area contributed by atoms with E-state index in [0.29, 0.717) is 15.8 Å². The van der Waals surface area contributed by atoms with Crippen molar-refractivity contribution < 1.29 is 4.42 Å². The molecule has 0 N–H and O–H groups in total. The number of aryl methyl sites for hydroxylation is 3. The van der Waals surface area contributed by atoms with Crippen molar-refractivity contribution in [2.45, 2.75) is 31.0 Å². The summed E-state index contributed by atoms with van der Waals surface area (Å²) in [5, 5.41) is 10.3. The van der Waals surface area contributed by atoms with Crippen LogP contribution in [-0.2, 0) is 0 Å². The summed E-state index contributed by atoms with van der Waals surface area (Å²) < 4.78 is 5.25. The number of pyridine rings is 1. The van der Waals surface area contributed by atoms with Gasteiger partial charge in [-0.05, 0) is 44.2 Å². The summed E-state index contributed by atoms with van der Waals surface area (Å²) in [6.45, 7) is 5.66. The molecule has 5 heteroatoms. The Morgan fingerprint density at radius 3 is 2.59 bits per heavy atom. The van der Waals surface area contributed by atoms with E-state index in [0.717, 1.165) is 17.0 Å². The molecule has 0 aliphatic carbocycles. The van der Waals surface area contributed by atoms with Gasteiger partial charge in [-0.25, -0.2) is 9.97 Å². The summed E-state index contributed by atoms with van der Waals surface area (Å²) in [5.41, 5.74) is 3.20. The zero-order chi connectivity index (χ0) is 12.4. The molecule has 0 fully saturated rings. The molecule has 2 aromatic rings. The molecule has 0 bridgehead atoms. The SMILES string of the molecule is Cc1coc(Sc2nc(C)cc(C)c2C#N)n1. The van der Waals surface area contributed by atoms with E-state index in [1.54, 1.807) is 6.26 Å². The Balaban J connectivity index is 2.42. The normalized spacial score (nSPS) is 10.2. The van der Waals surface area contributed by atoms with Crippen LogP contribution in [0.5, 0.6) is 0 Å². The van der Waals surface area contributed by atoms with E-state index in [9.17, 15) is 0 Å². The largest absolute Gasteiger partial charge is 0.439 e. The van der Waals surface area contributed by atoms with Gasteiger partial charge in [0.25, 0.3) is 5.22 Å². The van der Waals surface area contributed by atoms with Crippen molar-refractivity contribution in [1.82, 2.24) is 9.97 Å². The number of nitriles is 1. The number of hydrogen-bond donors (Lipinski definition) is 0. The van der Waals surface area contributed by atoms with E-state index in [2.05, 4.69) is 16.0 Å². The van der Waals surface area contributed by atoms with Crippen molar-refractivity contribution in [3.8, 4) is 6.07 Å². The smallest absolute Gasteiger partial charge is 0.262 e. The molecule has 0 unspecified atom stereocenters. The van der Waals surface area contributed by atoms with Gasteiger partial charge < -0.3 is 4.42 Å². The quantitative estimate of drug-likeness (QED) is 0.813. The molecular formula is C12H11N3OS. The molecule has 0 saturated carbocycles. The molecule has 17 heavy (non-hydrogen) atoms. The lowest BCUT2D eigenvalue weighted by Crippen LogP contribution is -1.94. The van der Waals surface area contributed by atoms with Crippen LogP contribution in [-0.4, -0.2) is 9.97 Å². The summed E-state index contributed by atoms with van der Waals surface area (Å²) >= 11 is 1.28. The molecule has 0 saturated heterocycles. The lowest BCUT2D eigenvalue weighted by molar-refractivity contribution is 0.453. The lowest BCUT2D eigenvalue weighted by atomic mass is 10.1. The average molecular weight is 245 g/mol. The zero-order valence-corrected chi connectivity index (χ0v) is 10.6. The standard InChI is InChI=1S/C12H11N3OS/c1-7-4-8(2)14-11(10(7)5-13)17-12-15-9(3)6-16-12/h4,6H,1-3H3. The van der Waals surface area contributed by atoms with Crippen molar-refractivity contribution in [1.29, 1.82) is 5.26 Å². The first-order valence-corrected chi connectivity index (χ1v) is 5.90. The van der Waals surface area contributed by atoms with Gasteiger partial charge in [-0.2, -0.15) is 5.26 Å². The first-order chi connectivity index (χ1) is 8.10. The maximum absolute atomic E-state index is 9.12. The lowest BCUT2D eigenvalue weighted by Gasteiger charge is -2.04. The second-order valence-electron chi connectivity index (χ2n) is 3.73. The highest BCUT2D eigenvalue weighted by Gasteiger charge is 2.12. The fraction of sp³-hybridized carbons (Fsp3) is 0.250. The van der Waals surface area contributed by atoms with Crippen molar-refractivity contribution in [3.63, 3.8) is 0 Å². The topological polar surface area (TPSA) is 62.7 Å². The molecule has 2 heterocycles. The Labute approximate surface area is 104 Å². The molecule has 0 spiro atoms. The van der Waals surface area contributed by atoms with Crippen LogP contribution in [0.4, 0.5) is 0 Å². The third-order valence-electron chi connectivity index (χ3n) is 2.21. The molecule has 0 amide bonds. The van der Waals surface area contributed by atoms with Gasteiger partial charge in [-0.15, -0.1) is 0 Å². The number of aromatic nitrogens is 2. The van der Waals surface area contributed by atoms with Gasteiger partial charge in [-0.3, -0.25) is 0 Å². The second kappa shape index (κ2) is 4.60. The van der Waals surface area contributed by atoms with E-state index in [1.165, 1.54) is 11.8 Å². The molecule has 2 aromatic heterocycles. The molecule has 0 aromatic carbocycles. The number of rotatable bonds is 2. The highest BCUT2D eigenvalue weighted by atomic mass is 32.2. The summed E-state index contributed by atoms with van der Waals surface area (Å²) in [6.07, 6.45) is 1.58. The Bertz CT molecular complexity index is 598. The first kappa shape index (κ1) is 11.7. The summed E-state index contributed by atoms with van der Waals surface area (Å²) in [4.78, 5) is 8.54. The average Bonchev–Trinajstić information content (AvgIpc) is 2.63. The highest BCUT2D eigenvalue weighted by Crippen LogP contribution is 2.29. The fourth-order valence-electron chi connectivity index (χ4n) is 1.47. The van der Waals surface area contributed by atoms with Crippen LogP contribution in [0, 0.1) is 32.1 Å². The predicted molar refractivity (Wildman–Crippen MR) is 63.8 cm³/mol. The van der Waals surface area contributed by atoms with E-state index in [4.69, 9.17) is 9.68 Å². The molecule has 0 radical (unpaired) electrons. The summed E-state index contributed by atoms with van der Waals surface area (Å²) in [7, 11) is 0. The molecule has 86 valence electrons. The minimum absolute atomic E-state index is 0.511. The second-order valence-corrected chi connectivity index (χ2v) is 4.67. The van der Waals surface area contributed by atoms with Gasteiger partial charge in [0, 0.05) is 5.69 Å². The van der Waals surface area contributed by atoms with Gasteiger partial charge in [0.2, 0.25) is 0 Å². The molecule has 0 aliphatic rings. The Hall–Kier alpha value is -1.80. The van der Waals surface area contributed by atoms with E-state index < -0.39 is 0 Å². The molecule has 0 atom stereocenters. The molecule has 0 aliphatic heterocycles. The van der Waals surface area contributed by atoms with E-state index in [1.807, 2.05) is 26.8 Å². The van der Waals surface area contributed by atoms with Crippen molar-refractivity contribution >= 4 is 11.8 Å². The van der Waals surface area contributed by atoms with Crippen LogP contribution in [0.3, 0.4) is 0 Å². The number of nitrogens with zero attached hydrogens (tertiary/aromatic N) is 3. The van der Waals surface area contributed by atoms with Gasteiger partial charge in [0.05, 0.1) is 11.3 Å². The first-order valence-electron chi connectivity index (χ1n) is 5.08. The number of oxazole rings is 1. The Kier molecular flexibility index (Phi) is 3.16. The van der Waals surface area contributed by atoms with Crippen LogP contribution < -0.4 is 0 Å². The third kappa shape index (κ3) is 2.48. The monoisotopic (exact) mass is 245 g/mol. The van der Waals surface area contributed by atoms with Crippen LogP contribution in [0.15, 0.2) is 27.0 Å². The maximum atomic E-state index is 9.12. The van der Waals surface area contributed by atoms with Crippen molar-refractivity contribution in [2.24, 2.45) is 0 Å². The predicted octanol–water partition coefficient (Wildman–Crippen LogP) is 3.02. The minimum Gasteiger partial charge on any atom is -0.439 e. The summed E-state index contributed by atoms with van der Waals surface area (Å²) in [5.74, 6) is 0. The van der Waals surface area contributed by atoms with Crippen LogP contribution >= 0.6 is 11.8 Å². The van der Waals surface area contributed by atoms with Crippen molar-refractivity contribution in [3.05, 3.63) is 34.8 Å². The maximum Gasteiger partial charge on any atom is 0.262 e. The zero-order valence-electron chi connectivity index (χ0n) is 9.81. The minimum atomic E-state index is 0.511. The molecular weight excluding hydrogens is 234 g/mol. The van der Waals surface area contributed by atoms with Crippen molar-refractivity contribution in [2.75, 3.05) is 0 Å². The highest BCUT2D eigenvalue weighted by molar-refractivity contribution is 7.99. The Morgan fingerprint density at radius 1 is 1.24 bits per heavy atom. The summed E-state index contributed by atoms with van der Waals surface area (Å²) in [6, 6.07) is 4.06. The van der Waals surface area contributed by atoms with Gasteiger partial charge in [0.1, 0.15) is 17.4 Å². The molecule has 4 nitrogen and oxygen atoms in total. The van der Waals surface area contributed by atoms with Crippen LogP contribution in [0.25, 0.3) is 0 Å². The van der Waals surface area contributed by atoms with E-state index >= 15 is 0 Å². The van der Waals surface area contributed by atoms with Crippen LogP contribution in [0.1, 0.15) is 22.5 Å². The fourth-order valence-corrected chi connectivity index (χ4v) is 2.42. The van der Waals surface area contributed by atoms with Gasteiger partial charge in [-0.1, -0.05) is 0 Å². The number of hydrogen-bond acceptors (Lipinski definition) is 5.